The van der Waals surface area contributed by atoms with Gasteiger partial charge in [-0.2, -0.15) is 0 Å². The molecule has 2 aliphatic heterocycles. The Balaban J connectivity index is 1.44. The van der Waals surface area contributed by atoms with Gasteiger partial charge in [-0.25, -0.2) is 4.98 Å². The van der Waals surface area contributed by atoms with Gasteiger partial charge in [-0.1, -0.05) is 0 Å². The number of aliphatic imine (C=N–C) groups is 1. The van der Waals surface area contributed by atoms with E-state index in [0.717, 1.165) is 83.7 Å². The van der Waals surface area contributed by atoms with Gasteiger partial charge in [-0.15, -0.1) is 0 Å². The van der Waals surface area contributed by atoms with Crippen LogP contribution in [0.1, 0.15) is 32.0 Å². The molecule has 0 aliphatic carbocycles. The molecule has 0 bridgehead atoms. The number of guanidine groups is 1. The Kier molecular flexibility index (Phi) is 7.32. The van der Waals surface area contributed by atoms with Crippen molar-refractivity contribution in [2.24, 2.45) is 4.99 Å². The molecule has 3 rings (SSSR count). The van der Waals surface area contributed by atoms with E-state index in [2.05, 4.69) is 44.7 Å². The summed E-state index contributed by atoms with van der Waals surface area (Å²) in [4.78, 5) is 14.2. The second-order valence-corrected chi connectivity index (χ2v) is 7.15. The van der Waals surface area contributed by atoms with Crippen LogP contribution in [0, 0.1) is 6.92 Å². The fourth-order valence-corrected chi connectivity index (χ4v) is 3.82. The average Bonchev–Trinajstić information content (AvgIpc) is 3.31. The Labute approximate surface area is 157 Å². The second-order valence-electron chi connectivity index (χ2n) is 7.15. The second kappa shape index (κ2) is 9.92. The first kappa shape index (κ1) is 19.2. The summed E-state index contributed by atoms with van der Waals surface area (Å²) in [7, 11) is 0. The van der Waals surface area contributed by atoms with E-state index in [9.17, 15) is 0 Å². The summed E-state index contributed by atoms with van der Waals surface area (Å²) >= 11 is 0. The number of aromatic nitrogens is 2. The molecule has 146 valence electrons. The predicted octanol–water partition coefficient (Wildman–Crippen LogP) is 1.34. The molecule has 1 aromatic rings. The molecule has 0 amide bonds. The number of nitrogens with zero attached hydrogens (tertiary/aromatic N) is 5. The third-order valence-electron chi connectivity index (χ3n) is 5.35. The number of hydrogen-bond donors (Lipinski definition) is 1. The maximum atomic E-state index is 5.49. The van der Waals surface area contributed by atoms with E-state index in [4.69, 9.17) is 9.73 Å². The summed E-state index contributed by atoms with van der Waals surface area (Å²) in [6.45, 7) is 13.1. The smallest absolute Gasteiger partial charge is 0.193 e. The molecular formula is C19H34N6O. The minimum atomic E-state index is 0.645. The average molecular weight is 363 g/mol. The lowest BCUT2D eigenvalue weighted by atomic mass is 10.2. The van der Waals surface area contributed by atoms with Gasteiger partial charge in [0.25, 0.3) is 0 Å². The van der Waals surface area contributed by atoms with Crippen LogP contribution in [0.4, 0.5) is 0 Å². The van der Waals surface area contributed by atoms with Crippen LogP contribution in [0.15, 0.2) is 17.4 Å². The van der Waals surface area contributed by atoms with Crippen LogP contribution in [-0.4, -0.2) is 83.8 Å². The standard InChI is InChI=1S/C19H34N6O/c1-3-20-19(22-7-4-5-9-23-11-8-21-17(23)2)25-10-6-18(16-25)24-12-14-26-15-13-24/h8,11,18H,3-7,9-10,12-16H2,1-2H3,(H,20,22). The van der Waals surface area contributed by atoms with E-state index >= 15 is 0 Å². The fourth-order valence-electron chi connectivity index (χ4n) is 3.82. The summed E-state index contributed by atoms with van der Waals surface area (Å²) < 4.78 is 7.70. The molecule has 7 nitrogen and oxygen atoms in total. The van der Waals surface area contributed by atoms with E-state index in [0.29, 0.717) is 6.04 Å². The van der Waals surface area contributed by atoms with Gasteiger partial charge in [-0.3, -0.25) is 9.89 Å². The van der Waals surface area contributed by atoms with E-state index < -0.39 is 0 Å². The molecule has 2 fully saturated rings. The van der Waals surface area contributed by atoms with Crippen LogP contribution in [0.3, 0.4) is 0 Å². The zero-order valence-corrected chi connectivity index (χ0v) is 16.4. The summed E-state index contributed by atoms with van der Waals surface area (Å²) in [5, 5.41) is 3.48. The van der Waals surface area contributed by atoms with E-state index in [1.807, 2.05) is 6.20 Å². The summed E-state index contributed by atoms with van der Waals surface area (Å²) in [6, 6.07) is 0.645. The van der Waals surface area contributed by atoms with E-state index in [-0.39, 0.29) is 0 Å². The zero-order valence-electron chi connectivity index (χ0n) is 16.4. The van der Waals surface area contributed by atoms with Crippen molar-refractivity contribution in [2.75, 3.05) is 52.5 Å². The number of likely N-dealkylation sites (tertiary alicyclic amines) is 1. The first-order chi connectivity index (χ1) is 12.8. The molecule has 26 heavy (non-hydrogen) atoms. The Morgan fingerprint density at radius 3 is 2.88 bits per heavy atom. The van der Waals surface area contributed by atoms with Crippen molar-refractivity contribution in [2.45, 2.75) is 45.7 Å². The van der Waals surface area contributed by atoms with Crippen molar-refractivity contribution >= 4 is 5.96 Å². The van der Waals surface area contributed by atoms with E-state index in [1.165, 1.54) is 6.42 Å². The van der Waals surface area contributed by atoms with Crippen molar-refractivity contribution in [1.82, 2.24) is 24.7 Å². The molecular weight excluding hydrogens is 328 g/mol. The number of hydrogen-bond acceptors (Lipinski definition) is 4. The minimum Gasteiger partial charge on any atom is -0.379 e. The monoisotopic (exact) mass is 362 g/mol. The number of ether oxygens (including phenoxy) is 1. The topological polar surface area (TPSA) is 57.9 Å². The lowest BCUT2D eigenvalue weighted by molar-refractivity contribution is 0.0195. The van der Waals surface area contributed by atoms with Gasteiger partial charge in [0, 0.05) is 64.2 Å². The maximum absolute atomic E-state index is 5.49. The van der Waals surface area contributed by atoms with Crippen LogP contribution in [-0.2, 0) is 11.3 Å². The normalized spacial score (nSPS) is 22.2. The summed E-state index contributed by atoms with van der Waals surface area (Å²) in [6.07, 6.45) is 7.39. The zero-order chi connectivity index (χ0) is 18.2. The highest BCUT2D eigenvalue weighted by Crippen LogP contribution is 2.17. The number of nitrogens with one attached hydrogen (secondary N) is 1. The Bertz CT molecular complexity index is 566. The number of aryl methyl sites for hydroxylation is 2. The van der Waals surface area contributed by atoms with Crippen molar-refractivity contribution in [3.05, 3.63) is 18.2 Å². The largest absolute Gasteiger partial charge is 0.379 e. The van der Waals surface area contributed by atoms with Crippen LogP contribution < -0.4 is 5.32 Å². The van der Waals surface area contributed by atoms with Crippen LogP contribution in [0.25, 0.3) is 0 Å². The third-order valence-corrected chi connectivity index (χ3v) is 5.35. The van der Waals surface area contributed by atoms with Crippen molar-refractivity contribution < 1.29 is 4.74 Å². The molecule has 0 saturated carbocycles. The van der Waals surface area contributed by atoms with Gasteiger partial charge in [-0.05, 0) is 33.1 Å². The highest BCUT2D eigenvalue weighted by Gasteiger charge is 2.30. The van der Waals surface area contributed by atoms with Gasteiger partial charge >= 0.3 is 0 Å². The Morgan fingerprint density at radius 2 is 2.15 bits per heavy atom. The Hall–Kier alpha value is -1.60. The van der Waals surface area contributed by atoms with Crippen molar-refractivity contribution in [1.29, 1.82) is 0 Å². The van der Waals surface area contributed by atoms with Gasteiger partial charge in [0.05, 0.1) is 13.2 Å². The molecule has 1 aromatic heterocycles. The first-order valence-electron chi connectivity index (χ1n) is 10.1. The molecule has 1 N–H and O–H groups in total. The van der Waals surface area contributed by atoms with Crippen molar-refractivity contribution in [3.8, 4) is 0 Å². The summed E-state index contributed by atoms with van der Waals surface area (Å²) in [5.41, 5.74) is 0. The molecule has 7 heteroatoms. The number of rotatable bonds is 7. The lowest BCUT2D eigenvalue weighted by Gasteiger charge is -2.32. The third kappa shape index (κ3) is 5.20. The number of imidazole rings is 1. The van der Waals surface area contributed by atoms with Gasteiger partial charge in [0.1, 0.15) is 5.82 Å². The van der Waals surface area contributed by atoms with E-state index in [1.54, 1.807) is 0 Å². The maximum Gasteiger partial charge on any atom is 0.193 e. The minimum absolute atomic E-state index is 0.645. The number of morpholine rings is 1. The van der Waals surface area contributed by atoms with Gasteiger partial charge in [0.2, 0.25) is 0 Å². The van der Waals surface area contributed by atoms with Crippen LogP contribution in [0.5, 0.6) is 0 Å². The molecule has 0 aromatic carbocycles. The molecule has 0 radical (unpaired) electrons. The Morgan fingerprint density at radius 1 is 1.31 bits per heavy atom. The van der Waals surface area contributed by atoms with Gasteiger partial charge in [0.15, 0.2) is 5.96 Å². The molecule has 2 saturated heterocycles. The first-order valence-corrected chi connectivity index (χ1v) is 10.1. The molecule has 1 unspecified atom stereocenters. The summed E-state index contributed by atoms with van der Waals surface area (Å²) in [5.74, 6) is 2.18. The van der Waals surface area contributed by atoms with Gasteiger partial charge < -0.3 is 19.5 Å². The molecule has 2 aliphatic rings. The SMILES string of the molecule is CCNC(=NCCCCn1ccnc1C)N1CCC(N2CCOCC2)C1. The molecule has 3 heterocycles. The van der Waals surface area contributed by atoms with Crippen molar-refractivity contribution in [3.63, 3.8) is 0 Å². The fraction of sp³-hybridized carbons (Fsp3) is 0.789. The number of unbranched alkanes of at least 4 members (excludes halogenated alkanes) is 1. The van der Waals surface area contributed by atoms with Crippen LogP contribution >= 0.6 is 0 Å². The predicted molar refractivity (Wildman–Crippen MR) is 105 cm³/mol. The molecule has 0 spiro atoms. The highest BCUT2D eigenvalue weighted by atomic mass is 16.5. The lowest BCUT2D eigenvalue weighted by Crippen LogP contribution is -2.46. The highest BCUT2D eigenvalue weighted by molar-refractivity contribution is 5.80. The van der Waals surface area contributed by atoms with Crippen LogP contribution in [0.2, 0.25) is 0 Å². The quantitative estimate of drug-likeness (QED) is 0.451. The molecule has 1 atom stereocenters.